The van der Waals surface area contributed by atoms with Crippen molar-refractivity contribution in [2.75, 3.05) is 57.9 Å². The SMILES string of the molecule is CCCN1CCN(c2ccc(C(=O)N[C@H](C(=O)N3C[C@@H](OC)[C@H]4OCC(=O)[C@H]43)C3CCCCC3)cc2)CC1. The third-order valence-corrected chi connectivity index (χ3v) is 8.80. The van der Waals surface area contributed by atoms with Crippen LogP contribution in [-0.4, -0.2) is 105 Å². The van der Waals surface area contributed by atoms with E-state index in [1.54, 1.807) is 12.0 Å². The number of benzene rings is 1. The average molecular weight is 527 g/mol. The predicted octanol–water partition coefficient (Wildman–Crippen LogP) is 2.09. The monoisotopic (exact) mass is 526 g/mol. The topological polar surface area (TPSA) is 91.4 Å². The first-order valence-corrected chi connectivity index (χ1v) is 14.4. The van der Waals surface area contributed by atoms with Crippen LogP contribution in [0.15, 0.2) is 24.3 Å². The fourth-order valence-electron chi connectivity index (χ4n) is 6.67. The third kappa shape index (κ3) is 5.60. The maximum absolute atomic E-state index is 13.9. The zero-order chi connectivity index (χ0) is 26.6. The highest BCUT2D eigenvalue weighted by Crippen LogP contribution is 2.33. The molecule has 1 N–H and O–H groups in total. The molecule has 3 aliphatic heterocycles. The van der Waals surface area contributed by atoms with Crippen LogP contribution < -0.4 is 10.2 Å². The van der Waals surface area contributed by atoms with Crippen molar-refractivity contribution < 1.29 is 23.9 Å². The van der Waals surface area contributed by atoms with Gasteiger partial charge in [0.15, 0.2) is 5.78 Å². The number of nitrogens with one attached hydrogen (secondary N) is 1. The van der Waals surface area contributed by atoms with Gasteiger partial charge in [-0.2, -0.15) is 0 Å². The van der Waals surface area contributed by atoms with Crippen LogP contribution in [0.4, 0.5) is 5.69 Å². The van der Waals surface area contributed by atoms with Gasteiger partial charge in [-0.05, 0) is 56.0 Å². The van der Waals surface area contributed by atoms with Crippen LogP contribution in [0, 0.1) is 5.92 Å². The Hall–Kier alpha value is -2.49. The fraction of sp³-hybridized carbons (Fsp3) is 0.690. The molecule has 0 unspecified atom stereocenters. The Labute approximate surface area is 225 Å². The second-order valence-electron chi connectivity index (χ2n) is 11.2. The Morgan fingerprint density at radius 3 is 2.45 bits per heavy atom. The number of rotatable bonds is 8. The van der Waals surface area contributed by atoms with Gasteiger partial charge in [0.1, 0.15) is 30.9 Å². The number of ketones is 1. The standard InChI is InChI=1S/C29H42N4O5/c1-3-13-31-14-16-32(17-15-31)22-11-9-21(10-12-22)28(35)30-25(20-7-5-4-6-8-20)29(36)33-18-24(37-2)27-26(33)23(34)19-38-27/h9-12,20,24-27H,3-8,13-19H2,1-2H3,(H,30,35)/t24-,25+,26-,27-/m1/s1. The highest BCUT2D eigenvalue weighted by Gasteiger charge is 2.54. The number of anilines is 1. The molecule has 4 aliphatic rings. The molecule has 5 rings (SSSR count). The normalized spacial score (nSPS) is 27.4. The van der Waals surface area contributed by atoms with Crippen LogP contribution in [0.5, 0.6) is 0 Å². The van der Waals surface area contributed by atoms with Crippen molar-refractivity contribution in [2.24, 2.45) is 5.92 Å². The molecule has 9 heteroatoms. The van der Waals surface area contributed by atoms with Crippen molar-refractivity contribution in [2.45, 2.75) is 69.7 Å². The molecule has 2 amide bonds. The van der Waals surface area contributed by atoms with Crippen molar-refractivity contribution in [1.82, 2.24) is 15.1 Å². The molecular weight excluding hydrogens is 484 g/mol. The number of amides is 2. The lowest BCUT2D eigenvalue weighted by Gasteiger charge is -2.36. The largest absolute Gasteiger partial charge is 0.377 e. The molecule has 1 aromatic rings. The van der Waals surface area contributed by atoms with E-state index < -0.39 is 18.2 Å². The molecular formula is C29H42N4O5. The molecule has 0 radical (unpaired) electrons. The van der Waals surface area contributed by atoms with Gasteiger partial charge in [-0.25, -0.2) is 0 Å². The van der Waals surface area contributed by atoms with Gasteiger partial charge in [0.25, 0.3) is 5.91 Å². The molecule has 0 bridgehead atoms. The second kappa shape index (κ2) is 12.1. The van der Waals surface area contributed by atoms with E-state index >= 15 is 0 Å². The lowest BCUT2D eigenvalue weighted by Crippen LogP contribution is -2.55. The van der Waals surface area contributed by atoms with E-state index in [4.69, 9.17) is 9.47 Å². The van der Waals surface area contributed by atoms with Gasteiger partial charge >= 0.3 is 0 Å². The zero-order valence-electron chi connectivity index (χ0n) is 22.8. The van der Waals surface area contributed by atoms with Gasteiger partial charge in [-0.1, -0.05) is 26.2 Å². The van der Waals surface area contributed by atoms with E-state index in [0.717, 1.165) is 70.5 Å². The molecule has 1 saturated carbocycles. The Bertz CT molecular complexity index is 987. The summed E-state index contributed by atoms with van der Waals surface area (Å²) in [5.74, 6) is -0.486. The minimum atomic E-state index is -0.668. The maximum atomic E-state index is 13.9. The minimum absolute atomic E-state index is 0.000566. The van der Waals surface area contributed by atoms with Crippen LogP contribution >= 0.6 is 0 Å². The summed E-state index contributed by atoms with van der Waals surface area (Å²) in [5, 5.41) is 3.08. The van der Waals surface area contributed by atoms with Crippen LogP contribution in [0.1, 0.15) is 55.8 Å². The van der Waals surface area contributed by atoms with Crippen LogP contribution in [0.3, 0.4) is 0 Å². The summed E-state index contributed by atoms with van der Waals surface area (Å²) in [6.45, 7) is 7.71. The number of carbonyl (C=O) groups is 3. The molecule has 1 aromatic carbocycles. The van der Waals surface area contributed by atoms with E-state index in [0.29, 0.717) is 12.1 Å². The second-order valence-corrected chi connectivity index (χ2v) is 11.2. The van der Waals surface area contributed by atoms with Crippen LogP contribution in [0.2, 0.25) is 0 Å². The maximum Gasteiger partial charge on any atom is 0.251 e. The molecule has 4 fully saturated rings. The van der Waals surface area contributed by atoms with Crippen molar-refractivity contribution in [3.05, 3.63) is 29.8 Å². The Morgan fingerprint density at radius 2 is 1.79 bits per heavy atom. The third-order valence-electron chi connectivity index (χ3n) is 8.80. The Balaban J connectivity index is 1.28. The van der Waals surface area contributed by atoms with E-state index in [2.05, 4.69) is 22.0 Å². The summed E-state index contributed by atoms with van der Waals surface area (Å²) in [4.78, 5) is 46.4. The Kier molecular flexibility index (Phi) is 8.65. The van der Waals surface area contributed by atoms with Crippen molar-refractivity contribution in [3.63, 3.8) is 0 Å². The smallest absolute Gasteiger partial charge is 0.251 e. The van der Waals surface area contributed by atoms with Crippen molar-refractivity contribution in [1.29, 1.82) is 0 Å². The molecule has 0 aromatic heterocycles. The number of nitrogens with zero attached hydrogens (tertiary/aromatic N) is 3. The number of carbonyl (C=O) groups excluding carboxylic acids is 3. The van der Waals surface area contributed by atoms with Crippen LogP contribution in [-0.2, 0) is 19.1 Å². The fourth-order valence-corrected chi connectivity index (χ4v) is 6.67. The van der Waals surface area contributed by atoms with E-state index in [1.165, 1.54) is 6.42 Å². The molecule has 3 saturated heterocycles. The van der Waals surface area contributed by atoms with Crippen LogP contribution in [0.25, 0.3) is 0 Å². The van der Waals surface area contributed by atoms with Gasteiger partial charge in [-0.3, -0.25) is 19.3 Å². The molecule has 208 valence electrons. The Morgan fingerprint density at radius 1 is 1.08 bits per heavy atom. The molecule has 38 heavy (non-hydrogen) atoms. The quantitative estimate of drug-likeness (QED) is 0.555. The van der Waals surface area contributed by atoms with E-state index in [1.807, 2.05) is 24.3 Å². The summed E-state index contributed by atoms with van der Waals surface area (Å²) in [7, 11) is 1.58. The summed E-state index contributed by atoms with van der Waals surface area (Å²) in [6.07, 6.45) is 5.40. The first-order chi connectivity index (χ1) is 18.5. The number of Topliss-reactive ketones (excluding diaryl/α,β-unsaturated/α-hetero) is 1. The number of ether oxygens (including phenoxy) is 2. The number of fused-ring (bicyclic) bond motifs is 1. The lowest BCUT2D eigenvalue weighted by atomic mass is 9.83. The molecule has 3 heterocycles. The first-order valence-electron chi connectivity index (χ1n) is 14.4. The molecule has 4 atom stereocenters. The number of likely N-dealkylation sites (tertiary alicyclic amines) is 1. The predicted molar refractivity (Wildman–Crippen MR) is 144 cm³/mol. The summed E-state index contributed by atoms with van der Waals surface area (Å²) in [6, 6.07) is 6.42. The van der Waals surface area contributed by atoms with Crippen molar-refractivity contribution in [3.8, 4) is 0 Å². The molecule has 0 spiro atoms. The van der Waals surface area contributed by atoms with Gasteiger partial charge < -0.3 is 24.6 Å². The van der Waals surface area contributed by atoms with Crippen molar-refractivity contribution >= 4 is 23.3 Å². The summed E-state index contributed by atoms with van der Waals surface area (Å²) < 4.78 is 11.2. The zero-order valence-corrected chi connectivity index (χ0v) is 22.8. The number of hydrogen-bond acceptors (Lipinski definition) is 7. The molecule has 1 aliphatic carbocycles. The number of methoxy groups -OCH3 is 1. The number of piperazine rings is 1. The van der Waals surface area contributed by atoms with Gasteiger partial charge in [0, 0.05) is 44.5 Å². The van der Waals surface area contributed by atoms with Gasteiger partial charge in [0.05, 0.1) is 6.54 Å². The minimum Gasteiger partial charge on any atom is -0.377 e. The highest BCUT2D eigenvalue weighted by atomic mass is 16.5. The summed E-state index contributed by atoms with van der Waals surface area (Å²) in [5.41, 5.74) is 1.66. The molecule has 9 nitrogen and oxygen atoms in total. The lowest BCUT2D eigenvalue weighted by molar-refractivity contribution is -0.139. The highest BCUT2D eigenvalue weighted by molar-refractivity contribution is 5.99. The first kappa shape index (κ1) is 27.1. The van der Waals surface area contributed by atoms with Gasteiger partial charge in [-0.15, -0.1) is 0 Å². The van der Waals surface area contributed by atoms with E-state index in [9.17, 15) is 14.4 Å². The number of hydrogen-bond donors (Lipinski definition) is 1. The van der Waals surface area contributed by atoms with Gasteiger partial charge in [0.2, 0.25) is 5.91 Å². The average Bonchev–Trinajstić information content (AvgIpc) is 3.52. The van der Waals surface area contributed by atoms with E-state index in [-0.39, 0.29) is 36.2 Å². The summed E-state index contributed by atoms with van der Waals surface area (Å²) >= 11 is 0.